The lowest BCUT2D eigenvalue weighted by atomic mass is 9.94. The summed E-state index contributed by atoms with van der Waals surface area (Å²) in [5.74, 6) is -0.271. The van der Waals surface area contributed by atoms with Gasteiger partial charge < -0.3 is 15.2 Å². The van der Waals surface area contributed by atoms with Gasteiger partial charge in [-0.3, -0.25) is 0 Å². The molecule has 0 aliphatic carbocycles. The van der Waals surface area contributed by atoms with Gasteiger partial charge >= 0.3 is 5.97 Å². The predicted molar refractivity (Wildman–Crippen MR) is 103 cm³/mol. The first-order chi connectivity index (χ1) is 12.7. The molecular weight excluding hydrogens is 326 g/mol. The van der Waals surface area contributed by atoms with Crippen molar-refractivity contribution in [1.82, 2.24) is 0 Å². The summed E-state index contributed by atoms with van der Waals surface area (Å²) in [6.45, 7) is 3.40. The third-order valence-electron chi connectivity index (χ3n) is 4.81. The summed E-state index contributed by atoms with van der Waals surface area (Å²) in [5, 5.41) is 0. The lowest BCUT2D eigenvalue weighted by Gasteiger charge is -2.24. The Morgan fingerprint density at radius 3 is 2.62 bits per heavy atom. The Morgan fingerprint density at radius 2 is 1.88 bits per heavy atom. The van der Waals surface area contributed by atoms with Gasteiger partial charge in [0.1, 0.15) is 0 Å². The Bertz CT molecular complexity index is 740. The van der Waals surface area contributed by atoms with E-state index >= 15 is 0 Å². The van der Waals surface area contributed by atoms with Crippen LogP contribution in [0.15, 0.2) is 42.5 Å². The zero-order valence-corrected chi connectivity index (χ0v) is 15.4. The van der Waals surface area contributed by atoms with Crippen LogP contribution in [-0.2, 0) is 33.7 Å². The van der Waals surface area contributed by atoms with Crippen molar-refractivity contribution in [3.05, 3.63) is 59.2 Å². The molecular formula is C22H27NO3. The highest BCUT2D eigenvalue weighted by Gasteiger charge is 2.26. The molecule has 2 N–H and O–H groups in total. The minimum Gasteiger partial charge on any atom is -0.464 e. The second-order valence-electron chi connectivity index (χ2n) is 6.68. The van der Waals surface area contributed by atoms with Crippen LogP contribution in [0.1, 0.15) is 36.5 Å². The minimum absolute atomic E-state index is 0.271. The molecule has 1 unspecified atom stereocenters. The summed E-state index contributed by atoms with van der Waals surface area (Å²) in [5.41, 5.74) is 11.6. The molecule has 0 aromatic heterocycles. The van der Waals surface area contributed by atoms with Gasteiger partial charge in [0.2, 0.25) is 0 Å². The number of ether oxygens (including phenoxy) is 2. The van der Waals surface area contributed by atoms with Crippen molar-refractivity contribution in [3.8, 4) is 11.1 Å². The van der Waals surface area contributed by atoms with E-state index in [0.29, 0.717) is 19.6 Å². The van der Waals surface area contributed by atoms with E-state index in [2.05, 4.69) is 42.5 Å². The molecule has 0 saturated heterocycles. The molecule has 0 saturated carbocycles. The summed E-state index contributed by atoms with van der Waals surface area (Å²) < 4.78 is 10.8. The summed E-state index contributed by atoms with van der Waals surface area (Å²) in [4.78, 5) is 11.9. The number of benzene rings is 2. The second-order valence-corrected chi connectivity index (χ2v) is 6.68. The van der Waals surface area contributed by atoms with Crippen molar-refractivity contribution >= 4 is 5.97 Å². The molecule has 1 aliphatic rings. The van der Waals surface area contributed by atoms with Crippen molar-refractivity contribution < 1.29 is 14.3 Å². The van der Waals surface area contributed by atoms with E-state index < -0.39 is 6.10 Å². The molecule has 0 bridgehead atoms. The standard InChI is InChI=1S/C22H27NO3/c1-2-25-22(24)21-14-19-11-10-18(13-20(19)15-26-21)17-8-6-16(7-9-17)5-3-4-12-23/h6-11,13,21H,2-5,12,14-15,23H2,1H3. The first kappa shape index (κ1) is 18.6. The van der Waals surface area contributed by atoms with Crippen LogP contribution in [0.25, 0.3) is 11.1 Å². The van der Waals surface area contributed by atoms with Crippen molar-refractivity contribution in [3.63, 3.8) is 0 Å². The maximum Gasteiger partial charge on any atom is 0.335 e. The minimum atomic E-state index is -0.485. The van der Waals surface area contributed by atoms with Gasteiger partial charge in [-0.2, -0.15) is 0 Å². The monoisotopic (exact) mass is 353 g/mol. The molecule has 1 aliphatic heterocycles. The van der Waals surface area contributed by atoms with Crippen LogP contribution in [0.4, 0.5) is 0 Å². The fraction of sp³-hybridized carbons (Fsp3) is 0.409. The number of rotatable bonds is 7. The molecule has 0 radical (unpaired) electrons. The molecule has 1 heterocycles. The van der Waals surface area contributed by atoms with E-state index in [1.54, 1.807) is 0 Å². The Balaban J connectivity index is 1.69. The molecule has 26 heavy (non-hydrogen) atoms. The Labute approximate surface area is 155 Å². The van der Waals surface area contributed by atoms with Gasteiger partial charge in [-0.25, -0.2) is 4.79 Å². The Morgan fingerprint density at radius 1 is 1.12 bits per heavy atom. The van der Waals surface area contributed by atoms with Gasteiger partial charge in [-0.1, -0.05) is 36.4 Å². The Kier molecular flexibility index (Phi) is 6.42. The maximum atomic E-state index is 11.9. The fourth-order valence-electron chi connectivity index (χ4n) is 3.31. The van der Waals surface area contributed by atoms with Crippen LogP contribution in [-0.4, -0.2) is 25.2 Å². The van der Waals surface area contributed by atoms with Crippen molar-refractivity contribution in [2.75, 3.05) is 13.2 Å². The highest BCUT2D eigenvalue weighted by Crippen LogP contribution is 2.28. The molecule has 0 fully saturated rings. The molecule has 0 amide bonds. The number of nitrogens with two attached hydrogens (primary N) is 1. The van der Waals surface area contributed by atoms with E-state index in [-0.39, 0.29) is 5.97 Å². The molecule has 4 heteroatoms. The number of aryl methyl sites for hydroxylation is 1. The smallest absolute Gasteiger partial charge is 0.335 e. The number of esters is 1. The third kappa shape index (κ3) is 4.51. The van der Waals surface area contributed by atoms with Crippen LogP contribution >= 0.6 is 0 Å². The van der Waals surface area contributed by atoms with E-state index in [0.717, 1.165) is 36.9 Å². The quantitative estimate of drug-likeness (QED) is 0.610. The normalized spacial score (nSPS) is 16.2. The molecule has 1 atom stereocenters. The van der Waals surface area contributed by atoms with Gasteiger partial charge in [0.15, 0.2) is 6.10 Å². The molecule has 0 spiro atoms. The van der Waals surface area contributed by atoms with Crippen molar-refractivity contribution in [1.29, 1.82) is 0 Å². The number of fused-ring (bicyclic) bond motifs is 1. The Hall–Kier alpha value is -2.17. The summed E-state index contributed by atoms with van der Waals surface area (Å²) in [7, 11) is 0. The third-order valence-corrected chi connectivity index (χ3v) is 4.81. The highest BCUT2D eigenvalue weighted by atomic mass is 16.6. The van der Waals surface area contributed by atoms with Crippen LogP contribution in [0, 0.1) is 0 Å². The number of carbonyl (C=O) groups is 1. The zero-order chi connectivity index (χ0) is 18.4. The lowest BCUT2D eigenvalue weighted by Crippen LogP contribution is -2.32. The summed E-state index contributed by atoms with van der Waals surface area (Å²) in [6.07, 6.45) is 3.37. The molecule has 138 valence electrons. The topological polar surface area (TPSA) is 61.5 Å². The number of unbranched alkanes of at least 4 members (excludes halogenated alkanes) is 1. The van der Waals surface area contributed by atoms with Crippen LogP contribution in [0.2, 0.25) is 0 Å². The van der Waals surface area contributed by atoms with E-state index in [1.807, 2.05) is 6.92 Å². The average Bonchev–Trinajstić information content (AvgIpc) is 2.68. The van der Waals surface area contributed by atoms with E-state index in [4.69, 9.17) is 15.2 Å². The van der Waals surface area contributed by atoms with Gasteiger partial charge in [0.25, 0.3) is 0 Å². The van der Waals surface area contributed by atoms with Gasteiger partial charge in [0.05, 0.1) is 13.2 Å². The van der Waals surface area contributed by atoms with Crippen molar-refractivity contribution in [2.45, 2.75) is 45.3 Å². The predicted octanol–water partition coefficient (Wildman–Crippen LogP) is 3.64. The lowest BCUT2D eigenvalue weighted by molar-refractivity contribution is -0.158. The van der Waals surface area contributed by atoms with E-state index in [1.165, 1.54) is 16.7 Å². The largest absolute Gasteiger partial charge is 0.464 e. The van der Waals surface area contributed by atoms with Gasteiger partial charge in [0, 0.05) is 6.42 Å². The molecule has 2 aromatic rings. The number of hydrogen-bond acceptors (Lipinski definition) is 4. The molecule has 3 rings (SSSR count). The summed E-state index contributed by atoms with van der Waals surface area (Å²) in [6, 6.07) is 15.1. The maximum absolute atomic E-state index is 11.9. The molecule has 4 nitrogen and oxygen atoms in total. The van der Waals surface area contributed by atoms with Gasteiger partial charge in [-0.05, 0) is 66.6 Å². The fourth-order valence-corrected chi connectivity index (χ4v) is 3.31. The van der Waals surface area contributed by atoms with Crippen LogP contribution < -0.4 is 5.73 Å². The highest BCUT2D eigenvalue weighted by molar-refractivity contribution is 5.75. The number of carbonyl (C=O) groups excluding carboxylic acids is 1. The first-order valence-electron chi connectivity index (χ1n) is 9.40. The number of hydrogen-bond donors (Lipinski definition) is 1. The summed E-state index contributed by atoms with van der Waals surface area (Å²) >= 11 is 0. The van der Waals surface area contributed by atoms with Crippen LogP contribution in [0.3, 0.4) is 0 Å². The molecule has 2 aromatic carbocycles. The SMILES string of the molecule is CCOC(=O)C1Cc2ccc(-c3ccc(CCCCN)cc3)cc2CO1. The first-order valence-corrected chi connectivity index (χ1v) is 9.40. The second kappa shape index (κ2) is 8.97. The average molecular weight is 353 g/mol. The van der Waals surface area contributed by atoms with Crippen LogP contribution in [0.5, 0.6) is 0 Å². The van der Waals surface area contributed by atoms with Gasteiger partial charge in [-0.15, -0.1) is 0 Å². The van der Waals surface area contributed by atoms with Crippen molar-refractivity contribution in [2.24, 2.45) is 5.73 Å². The van der Waals surface area contributed by atoms with E-state index in [9.17, 15) is 4.79 Å². The zero-order valence-electron chi connectivity index (χ0n) is 15.4.